The summed E-state index contributed by atoms with van der Waals surface area (Å²) in [6.45, 7) is 1.81. The van der Waals surface area contributed by atoms with Crippen molar-refractivity contribution in [3.8, 4) is 5.75 Å². The highest BCUT2D eigenvalue weighted by atomic mass is 19.4. The van der Waals surface area contributed by atoms with E-state index in [9.17, 15) is 13.2 Å². The second-order valence-corrected chi connectivity index (χ2v) is 5.29. The molecule has 2 heterocycles. The molecule has 1 saturated heterocycles. The van der Waals surface area contributed by atoms with E-state index >= 15 is 0 Å². The fourth-order valence-electron chi connectivity index (χ4n) is 2.81. The molecule has 1 unspecified atom stereocenters. The molecule has 1 aliphatic rings. The molecule has 4 nitrogen and oxygen atoms in total. The largest absolute Gasteiger partial charge is 0.573 e. The normalized spacial score (nSPS) is 18.6. The lowest BCUT2D eigenvalue weighted by molar-refractivity contribution is -0.274. The van der Waals surface area contributed by atoms with Crippen molar-refractivity contribution in [1.82, 2.24) is 10.3 Å². The van der Waals surface area contributed by atoms with Crippen molar-refractivity contribution in [1.29, 1.82) is 0 Å². The summed E-state index contributed by atoms with van der Waals surface area (Å²) in [5.74, 6) is -0.273. The molecule has 1 atom stereocenters. The van der Waals surface area contributed by atoms with Gasteiger partial charge in [0.2, 0.25) is 0 Å². The number of alkyl halides is 3. The number of ether oxygens (including phenoxy) is 1. The third kappa shape index (κ3) is 2.94. The first-order chi connectivity index (χ1) is 10.5. The van der Waals surface area contributed by atoms with Gasteiger partial charge in [-0.2, -0.15) is 0 Å². The van der Waals surface area contributed by atoms with Gasteiger partial charge in [0.1, 0.15) is 5.52 Å². The van der Waals surface area contributed by atoms with Gasteiger partial charge in [-0.25, -0.2) is 0 Å². The number of hydrogen-bond donors (Lipinski definition) is 1. The number of nitrogens with zero attached hydrogens (tertiary/aromatic N) is 2. The molecular weight excluding hydrogens is 295 g/mol. The van der Waals surface area contributed by atoms with Crippen molar-refractivity contribution >= 4 is 16.6 Å². The third-order valence-electron chi connectivity index (χ3n) is 3.90. The van der Waals surface area contributed by atoms with E-state index < -0.39 is 6.36 Å². The topological polar surface area (TPSA) is 37.4 Å². The van der Waals surface area contributed by atoms with E-state index in [0.29, 0.717) is 11.4 Å². The standard InChI is InChI=1S/C15H16F3N3O/c1-21(10-6-8-19-9-10)12-4-5-13(22-15(16,17)18)14-11(12)3-2-7-20-14/h2-5,7,10,19H,6,8-9H2,1H3. The molecule has 3 rings (SSSR count). The molecule has 0 spiro atoms. The average molecular weight is 311 g/mol. The number of pyridine rings is 1. The lowest BCUT2D eigenvalue weighted by atomic mass is 10.1. The van der Waals surface area contributed by atoms with Gasteiger partial charge in [-0.15, -0.1) is 13.2 Å². The Morgan fingerprint density at radius 3 is 2.82 bits per heavy atom. The molecule has 0 saturated carbocycles. The monoisotopic (exact) mass is 311 g/mol. The van der Waals surface area contributed by atoms with E-state index in [1.54, 1.807) is 18.2 Å². The van der Waals surface area contributed by atoms with E-state index in [-0.39, 0.29) is 11.3 Å². The Balaban J connectivity index is 2.04. The van der Waals surface area contributed by atoms with Crippen molar-refractivity contribution in [3.63, 3.8) is 0 Å². The van der Waals surface area contributed by atoms with Gasteiger partial charge in [-0.05, 0) is 37.2 Å². The maximum Gasteiger partial charge on any atom is 0.573 e. The first kappa shape index (κ1) is 14.9. The van der Waals surface area contributed by atoms with E-state index in [0.717, 1.165) is 25.2 Å². The van der Waals surface area contributed by atoms with Crippen molar-refractivity contribution in [2.75, 3.05) is 25.0 Å². The molecule has 0 amide bonds. The van der Waals surface area contributed by atoms with Crippen LogP contribution in [0.3, 0.4) is 0 Å². The van der Waals surface area contributed by atoms with Gasteiger partial charge < -0.3 is 15.0 Å². The number of likely N-dealkylation sites (N-methyl/N-ethyl adjacent to an activating group) is 1. The lowest BCUT2D eigenvalue weighted by Crippen LogP contribution is -2.33. The Bertz CT molecular complexity index is 669. The minimum atomic E-state index is -4.73. The van der Waals surface area contributed by atoms with E-state index in [1.807, 2.05) is 7.05 Å². The third-order valence-corrected chi connectivity index (χ3v) is 3.90. The highest BCUT2D eigenvalue weighted by Gasteiger charge is 2.32. The fraction of sp³-hybridized carbons (Fsp3) is 0.400. The maximum absolute atomic E-state index is 12.5. The molecule has 22 heavy (non-hydrogen) atoms. The molecule has 1 N–H and O–H groups in total. The number of hydrogen-bond acceptors (Lipinski definition) is 4. The Morgan fingerprint density at radius 1 is 1.32 bits per heavy atom. The summed E-state index contributed by atoms with van der Waals surface area (Å²) >= 11 is 0. The Kier molecular flexibility index (Phi) is 3.82. The van der Waals surface area contributed by atoms with E-state index in [1.165, 1.54) is 12.3 Å². The molecule has 1 aromatic heterocycles. The van der Waals surface area contributed by atoms with Gasteiger partial charge in [0, 0.05) is 36.9 Å². The van der Waals surface area contributed by atoms with Gasteiger partial charge in [0.25, 0.3) is 0 Å². The molecule has 1 aromatic carbocycles. The van der Waals surface area contributed by atoms with Crippen LogP contribution in [-0.4, -0.2) is 37.5 Å². The summed E-state index contributed by atoms with van der Waals surface area (Å²) in [6, 6.07) is 6.78. The molecule has 7 heteroatoms. The lowest BCUT2D eigenvalue weighted by Gasteiger charge is -2.27. The second-order valence-electron chi connectivity index (χ2n) is 5.29. The zero-order valence-corrected chi connectivity index (χ0v) is 12.0. The van der Waals surface area contributed by atoms with Crippen LogP contribution in [0, 0.1) is 0 Å². The van der Waals surface area contributed by atoms with Gasteiger partial charge >= 0.3 is 6.36 Å². The number of aromatic nitrogens is 1. The molecule has 0 radical (unpaired) electrons. The molecule has 1 aliphatic heterocycles. The van der Waals surface area contributed by atoms with Gasteiger partial charge in [-0.3, -0.25) is 4.98 Å². The molecule has 1 fully saturated rings. The predicted molar refractivity (Wildman–Crippen MR) is 78.1 cm³/mol. The van der Waals surface area contributed by atoms with Crippen LogP contribution < -0.4 is 15.0 Å². The zero-order valence-electron chi connectivity index (χ0n) is 12.0. The van der Waals surface area contributed by atoms with Crippen LogP contribution in [0.1, 0.15) is 6.42 Å². The smallest absolute Gasteiger partial charge is 0.403 e. The fourth-order valence-corrected chi connectivity index (χ4v) is 2.81. The summed E-state index contributed by atoms with van der Waals surface area (Å²) in [5, 5.41) is 3.93. The highest BCUT2D eigenvalue weighted by molar-refractivity contribution is 5.95. The first-order valence-corrected chi connectivity index (χ1v) is 7.03. The van der Waals surface area contributed by atoms with Gasteiger partial charge in [0.05, 0.1) is 0 Å². The summed E-state index contributed by atoms with van der Waals surface area (Å²) in [4.78, 5) is 6.15. The van der Waals surface area contributed by atoms with Crippen LogP contribution >= 0.6 is 0 Å². The maximum atomic E-state index is 12.5. The zero-order chi connectivity index (χ0) is 15.7. The number of fused-ring (bicyclic) bond motifs is 1. The van der Waals surface area contributed by atoms with Crippen LogP contribution in [0.5, 0.6) is 5.75 Å². The quantitative estimate of drug-likeness (QED) is 0.946. The Labute approximate surface area is 125 Å². The van der Waals surface area contributed by atoms with Crippen LogP contribution in [0.15, 0.2) is 30.5 Å². The Morgan fingerprint density at radius 2 is 2.14 bits per heavy atom. The summed E-state index contributed by atoms with van der Waals surface area (Å²) in [6.07, 6.45) is -2.27. The molecule has 0 aliphatic carbocycles. The SMILES string of the molecule is CN(c1ccc(OC(F)(F)F)c2ncccc12)C1CCNC1. The summed E-state index contributed by atoms with van der Waals surface area (Å²) < 4.78 is 41.6. The second kappa shape index (κ2) is 5.64. The van der Waals surface area contributed by atoms with Crippen molar-refractivity contribution in [3.05, 3.63) is 30.5 Å². The number of rotatable bonds is 3. The van der Waals surface area contributed by atoms with Crippen LogP contribution in [0.2, 0.25) is 0 Å². The van der Waals surface area contributed by atoms with Crippen LogP contribution in [-0.2, 0) is 0 Å². The molecular formula is C15H16F3N3O. The van der Waals surface area contributed by atoms with Gasteiger partial charge in [-0.1, -0.05) is 0 Å². The van der Waals surface area contributed by atoms with Crippen molar-refractivity contribution in [2.24, 2.45) is 0 Å². The molecule has 0 bridgehead atoms. The summed E-state index contributed by atoms with van der Waals surface area (Å²) in [5.41, 5.74) is 1.07. The predicted octanol–water partition coefficient (Wildman–Crippen LogP) is 2.93. The number of halogens is 3. The highest BCUT2D eigenvalue weighted by Crippen LogP contribution is 2.35. The Hall–Kier alpha value is -2.02. The first-order valence-electron chi connectivity index (χ1n) is 7.03. The van der Waals surface area contributed by atoms with Crippen molar-refractivity contribution < 1.29 is 17.9 Å². The van der Waals surface area contributed by atoms with Crippen molar-refractivity contribution in [2.45, 2.75) is 18.8 Å². The van der Waals surface area contributed by atoms with Crippen LogP contribution in [0.4, 0.5) is 18.9 Å². The number of anilines is 1. The average Bonchev–Trinajstić information content (AvgIpc) is 3.00. The minimum Gasteiger partial charge on any atom is -0.403 e. The minimum absolute atomic E-state index is 0.218. The number of nitrogens with one attached hydrogen (secondary N) is 1. The summed E-state index contributed by atoms with van der Waals surface area (Å²) in [7, 11) is 1.95. The molecule has 118 valence electrons. The van der Waals surface area contributed by atoms with E-state index in [4.69, 9.17) is 0 Å². The molecule has 2 aromatic rings. The van der Waals surface area contributed by atoms with E-state index in [2.05, 4.69) is 19.9 Å². The number of benzene rings is 1. The van der Waals surface area contributed by atoms with Crippen LogP contribution in [0.25, 0.3) is 10.9 Å². The van der Waals surface area contributed by atoms with Gasteiger partial charge in [0.15, 0.2) is 5.75 Å².